The van der Waals surface area contributed by atoms with Gasteiger partial charge in [0.2, 0.25) is 0 Å². The van der Waals surface area contributed by atoms with Crippen LogP contribution in [0.5, 0.6) is 0 Å². The predicted octanol–water partition coefficient (Wildman–Crippen LogP) is 1.70. The molecule has 2 heteroatoms. The van der Waals surface area contributed by atoms with Gasteiger partial charge < -0.3 is 9.47 Å². The lowest BCUT2D eigenvalue weighted by molar-refractivity contribution is 0.130. The largest absolute Gasteiger partial charge is 0.374 e. The molecule has 0 aromatic rings. The molecule has 67 valence electrons. The van der Waals surface area contributed by atoms with Gasteiger partial charge in [-0.3, -0.25) is 0 Å². The second-order valence-electron chi connectivity index (χ2n) is 3.39. The minimum absolute atomic E-state index is 0.245. The molecule has 0 saturated carbocycles. The van der Waals surface area contributed by atoms with Crippen molar-refractivity contribution in [3.05, 3.63) is 12.2 Å². The molecule has 0 aromatic carbocycles. The summed E-state index contributed by atoms with van der Waals surface area (Å²) < 4.78 is 10.9. The highest BCUT2D eigenvalue weighted by Gasteiger charge is 2.15. The van der Waals surface area contributed by atoms with Gasteiger partial charge >= 0.3 is 0 Å². The fourth-order valence-electron chi connectivity index (χ4n) is 1.66. The molecule has 0 amide bonds. The minimum Gasteiger partial charge on any atom is -0.374 e. The van der Waals surface area contributed by atoms with Gasteiger partial charge in [-0.2, -0.15) is 0 Å². The summed E-state index contributed by atoms with van der Waals surface area (Å²) in [5.41, 5.74) is 0. The zero-order valence-corrected chi connectivity index (χ0v) is 7.29. The first kappa shape index (κ1) is 8.27. The summed E-state index contributed by atoms with van der Waals surface area (Å²) in [4.78, 5) is 0. The van der Waals surface area contributed by atoms with E-state index in [1.54, 1.807) is 0 Å². The molecule has 12 heavy (non-hydrogen) atoms. The first-order valence-corrected chi connectivity index (χ1v) is 4.78. The first-order chi connectivity index (χ1) is 5.95. The highest BCUT2D eigenvalue weighted by atomic mass is 16.5. The fraction of sp³-hybridized carbons (Fsp3) is 0.800. The molecule has 1 radical (unpaired) electrons. The molecule has 2 unspecified atom stereocenters. The van der Waals surface area contributed by atoms with Crippen molar-refractivity contribution in [3.8, 4) is 0 Å². The van der Waals surface area contributed by atoms with Crippen LogP contribution >= 0.6 is 0 Å². The maximum Gasteiger partial charge on any atom is 0.0827 e. The van der Waals surface area contributed by atoms with Crippen LogP contribution in [0, 0.1) is 6.08 Å². The Bertz CT molecular complexity index is 135. The Morgan fingerprint density at radius 2 is 1.92 bits per heavy atom. The van der Waals surface area contributed by atoms with Gasteiger partial charge in [-0.25, -0.2) is 0 Å². The molecule has 2 aliphatic heterocycles. The summed E-state index contributed by atoms with van der Waals surface area (Å²) >= 11 is 0. The lowest BCUT2D eigenvalue weighted by Gasteiger charge is -2.04. The summed E-state index contributed by atoms with van der Waals surface area (Å²) in [6.07, 6.45) is 10.5. The van der Waals surface area contributed by atoms with Crippen LogP contribution in [0.25, 0.3) is 0 Å². The molecular weight excluding hydrogens is 152 g/mol. The second kappa shape index (κ2) is 4.06. The van der Waals surface area contributed by atoms with Crippen LogP contribution in [-0.2, 0) is 9.47 Å². The lowest BCUT2D eigenvalue weighted by atomic mass is 10.2. The van der Waals surface area contributed by atoms with Crippen LogP contribution in [0.3, 0.4) is 0 Å². The molecule has 2 aliphatic rings. The van der Waals surface area contributed by atoms with E-state index in [0.29, 0.717) is 6.10 Å². The molecule has 0 spiro atoms. The number of rotatable bonds is 2. The summed E-state index contributed by atoms with van der Waals surface area (Å²) in [6.45, 7) is 1.81. The van der Waals surface area contributed by atoms with E-state index in [1.165, 1.54) is 12.8 Å². The summed E-state index contributed by atoms with van der Waals surface area (Å²) in [7, 11) is 0. The van der Waals surface area contributed by atoms with E-state index in [2.05, 4.69) is 6.08 Å². The smallest absolute Gasteiger partial charge is 0.0827 e. The molecule has 2 heterocycles. The van der Waals surface area contributed by atoms with Crippen LogP contribution in [-0.4, -0.2) is 25.4 Å². The minimum atomic E-state index is 0.245. The quantitative estimate of drug-likeness (QED) is 0.623. The zero-order valence-electron chi connectivity index (χ0n) is 7.29. The topological polar surface area (TPSA) is 18.5 Å². The van der Waals surface area contributed by atoms with Crippen molar-refractivity contribution < 1.29 is 9.47 Å². The number of hydrogen-bond acceptors (Lipinski definition) is 2. The van der Waals surface area contributed by atoms with E-state index < -0.39 is 0 Å². The van der Waals surface area contributed by atoms with Crippen molar-refractivity contribution in [2.45, 2.75) is 37.9 Å². The Balaban J connectivity index is 1.75. The number of ether oxygens (including phenoxy) is 2. The fourth-order valence-corrected chi connectivity index (χ4v) is 1.66. The average Bonchev–Trinajstić information content (AvgIpc) is 2.74. The van der Waals surface area contributed by atoms with E-state index >= 15 is 0 Å². The summed E-state index contributed by atoms with van der Waals surface area (Å²) in [6, 6.07) is 0. The number of hydrogen-bond donors (Lipinski definition) is 0. The molecule has 0 aliphatic carbocycles. The summed E-state index contributed by atoms with van der Waals surface area (Å²) in [5, 5.41) is 0. The molecule has 2 nitrogen and oxygen atoms in total. The SMILES string of the molecule is [C](=C\C1CCCO1)/C1CCCO1. The van der Waals surface area contributed by atoms with Crippen molar-refractivity contribution in [3.63, 3.8) is 0 Å². The highest BCUT2D eigenvalue weighted by molar-refractivity contribution is 4.91. The van der Waals surface area contributed by atoms with E-state index in [9.17, 15) is 0 Å². The Hall–Kier alpha value is -0.340. The van der Waals surface area contributed by atoms with Crippen molar-refractivity contribution >= 4 is 0 Å². The average molecular weight is 167 g/mol. The molecule has 2 rings (SSSR count). The maximum atomic E-state index is 5.44. The van der Waals surface area contributed by atoms with Gasteiger partial charge in [0.25, 0.3) is 0 Å². The van der Waals surface area contributed by atoms with Crippen LogP contribution in [0.15, 0.2) is 6.08 Å². The zero-order chi connectivity index (χ0) is 8.23. The van der Waals surface area contributed by atoms with Crippen molar-refractivity contribution in [1.82, 2.24) is 0 Å². The molecule has 0 aromatic heterocycles. The lowest BCUT2D eigenvalue weighted by Crippen LogP contribution is -2.05. The third kappa shape index (κ3) is 2.08. The van der Waals surface area contributed by atoms with Gasteiger partial charge in [0, 0.05) is 13.2 Å². The Morgan fingerprint density at radius 1 is 1.08 bits per heavy atom. The van der Waals surface area contributed by atoms with Gasteiger partial charge in [-0.15, -0.1) is 0 Å². The predicted molar refractivity (Wildman–Crippen MR) is 45.8 cm³/mol. The van der Waals surface area contributed by atoms with Gasteiger partial charge in [0.1, 0.15) is 0 Å². The van der Waals surface area contributed by atoms with Crippen molar-refractivity contribution in [1.29, 1.82) is 0 Å². The maximum absolute atomic E-state index is 5.44. The monoisotopic (exact) mass is 167 g/mol. The van der Waals surface area contributed by atoms with Gasteiger partial charge in [0.05, 0.1) is 12.2 Å². The van der Waals surface area contributed by atoms with Crippen LogP contribution in [0.2, 0.25) is 0 Å². The molecule has 0 bridgehead atoms. The van der Waals surface area contributed by atoms with Crippen molar-refractivity contribution in [2.75, 3.05) is 13.2 Å². The van der Waals surface area contributed by atoms with Gasteiger partial charge in [-0.1, -0.05) is 0 Å². The molecule has 2 saturated heterocycles. The highest BCUT2D eigenvalue weighted by Crippen LogP contribution is 2.16. The van der Waals surface area contributed by atoms with Crippen LogP contribution < -0.4 is 0 Å². The Morgan fingerprint density at radius 3 is 2.58 bits per heavy atom. The van der Waals surface area contributed by atoms with E-state index in [0.717, 1.165) is 26.1 Å². The first-order valence-electron chi connectivity index (χ1n) is 4.78. The molecule has 0 N–H and O–H groups in total. The third-order valence-corrected chi connectivity index (χ3v) is 2.36. The van der Waals surface area contributed by atoms with Gasteiger partial charge in [-0.05, 0) is 37.8 Å². The Kier molecular flexibility index (Phi) is 2.79. The van der Waals surface area contributed by atoms with E-state index in [1.807, 2.05) is 6.08 Å². The van der Waals surface area contributed by atoms with Gasteiger partial charge in [0.15, 0.2) is 0 Å². The third-order valence-electron chi connectivity index (χ3n) is 2.36. The second-order valence-corrected chi connectivity index (χ2v) is 3.39. The van der Waals surface area contributed by atoms with E-state index in [4.69, 9.17) is 9.47 Å². The molecule has 2 fully saturated rings. The van der Waals surface area contributed by atoms with Crippen LogP contribution in [0.1, 0.15) is 25.7 Å². The standard InChI is InChI=1S/C10H15O2/c1-3-9(11-7-1)5-6-10-4-2-8-12-10/h5,9-10H,1-4,7-8H2. The van der Waals surface area contributed by atoms with E-state index in [-0.39, 0.29) is 6.10 Å². The van der Waals surface area contributed by atoms with Crippen molar-refractivity contribution in [2.24, 2.45) is 0 Å². The molecule has 2 atom stereocenters. The normalized spacial score (nSPS) is 36.7. The molecular formula is C10H15O2. The summed E-state index contributed by atoms with van der Waals surface area (Å²) in [5.74, 6) is 0. The Labute approximate surface area is 73.5 Å². The van der Waals surface area contributed by atoms with Crippen LogP contribution in [0.4, 0.5) is 0 Å².